The van der Waals surface area contributed by atoms with Crippen LogP contribution in [0.4, 0.5) is 0 Å². The smallest absolute Gasteiger partial charge is 0.324 e. The number of sulfonamides is 1. The zero-order chi connectivity index (χ0) is 17.9. The Bertz CT molecular complexity index is 736. The van der Waals surface area contributed by atoms with E-state index in [0.29, 0.717) is 6.42 Å². The van der Waals surface area contributed by atoms with Gasteiger partial charge >= 0.3 is 5.97 Å². The molecule has 1 aliphatic heterocycles. The number of benzene rings is 1. The number of hydrogen-bond acceptors (Lipinski definition) is 6. The van der Waals surface area contributed by atoms with Crippen molar-refractivity contribution in [2.45, 2.75) is 37.4 Å². The third-order valence-corrected chi connectivity index (χ3v) is 5.93. The van der Waals surface area contributed by atoms with Gasteiger partial charge in [-0.15, -0.1) is 0 Å². The molecule has 0 amide bonds. The highest BCUT2D eigenvalue weighted by atomic mass is 32.2. The third-order valence-electron chi connectivity index (χ3n) is 4.78. The Kier molecular flexibility index (Phi) is 5.53. The van der Waals surface area contributed by atoms with E-state index in [4.69, 9.17) is 4.74 Å². The van der Waals surface area contributed by atoms with Crippen LogP contribution in [0.2, 0.25) is 0 Å². The molecule has 136 valence electrons. The van der Waals surface area contributed by atoms with Crippen molar-refractivity contribution in [3.63, 3.8) is 0 Å². The van der Waals surface area contributed by atoms with Crippen molar-refractivity contribution < 1.29 is 17.9 Å². The van der Waals surface area contributed by atoms with Gasteiger partial charge in [-0.1, -0.05) is 30.3 Å². The van der Waals surface area contributed by atoms with Gasteiger partial charge in [0, 0.05) is 23.4 Å². The van der Waals surface area contributed by atoms with Crippen molar-refractivity contribution >= 4 is 22.1 Å². The van der Waals surface area contributed by atoms with Crippen molar-refractivity contribution in [3.05, 3.63) is 41.3 Å². The van der Waals surface area contributed by atoms with Gasteiger partial charge < -0.3 is 4.74 Å². The molecule has 0 aromatic heterocycles. The number of nitrogens with one attached hydrogen (secondary N) is 3. The molecule has 7 nitrogen and oxygen atoms in total. The van der Waals surface area contributed by atoms with Crippen LogP contribution >= 0.6 is 0 Å². The minimum absolute atomic E-state index is 0.00648. The van der Waals surface area contributed by atoms with Crippen molar-refractivity contribution in [3.8, 4) is 0 Å². The highest BCUT2D eigenvalue weighted by Crippen LogP contribution is 2.31. The zero-order valence-electron chi connectivity index (χ0n) is 14.0. The van der Waals surface area contributed by atoms with Gasteiger partial charge in [0.25, 0.3) is 0 Å². The maximum atomic E-state index is 12.3. The lowest BCUT2D eigenvalue weighted by molar-refractivity contribution is -0.144. The number of hydrogen-bond donors (Lipinski definition) is 3. The van der Waals surface area contributed by atoms with E-state index >= 15 is 0 Å². The number of ether oxygens (including phenoxy) is 1. The molecule has 2 fully saturated rings. The van der Waals surface area contributed by atoms with Gasteiger partial charge in [-0.3, -0.25) is 10.2 Å². The largest absolute Gasteiger partial charge is 0.468 e. The van der Waals surface area contributed by atoms with Crippen LogP contribution in [-0.4, -0.2) is 39.6 Å². The van der Waals surface area contributed by atoms with Crippen LogP contribution < -0.4 is 15.6 Å². The van der Waals surface area contributed by atoms with Crippen molar-refractivity contribution in [2.24, 2.45) is 5.92 Å². The van der Waals surface area contributed by atoms with E-state index in [2.05, 4.69) is 15.6 Å². The lowest BCUT2D eigenvalue weighted by Crippen LogP contribution is -2.45. The van der Waals surface area contributed by atoms with Gasteiger partial charge in [-0.05, 0) is 30.9 Å². The summed E-state index contributed by atoms with van der Waals surface area (Å²) in [6.45, 7) is 0. The van der Waals surface area contributed by atoms with E-state index in [-0.39, 0.29) is 24.0 Å². The summed E-state index contributed by atoms with van der Waals surface area (Å²) in [5, 5.41) is 1.19. The van der Waals surface area contributed by atoms with E-state index in [1.807, 2.05) is 30.3 Å². The van der Waals surface area contributed by atoms with Crippen molar-refractivity contribution in [2.75, 3.05) is 7.11 Å². The normalized spacial score (nSPS) is 29.5. The maximum absolute atomic E-state index is 12.3. The SMILES string of the molecule is COC(=O)C1NNC2CCC(NS(=O)(=O)/C=C/c3ccccc3)CC21. The first kappa shape index (κ1) is 18.1. The Morgan fingerprint density at radius 2 is 2.00 bits per heavy atom. The molecule has 4 unspecified atom stereocenters. The lowest BCUT2D eigenvalue weighted by Gasteiger charge is -2.32. The van der Waals surface area contributed by atoms with E-state index in [1.165, 1.54) is 12.5 Å². The fourth-order valence-corrected chi connectivity index (χ4v) is 4.62. The Morgan fingerprint density at radius 1 is 1.24 bits per heavy atom. The number of esters is 1. The standard InChI is InChI=1S/C17H23N3O4S/c1-24-17(21)16-14-11-13(7-8-15(14)18-19-16)20-25(22,23)10-9-12-5-3-2-4-6-12/h2-6,9-10,13-16,18-20H,7-8,11H2,1H3/b10-9+. The van der Waals surface area contributed by atoms with Gasteiger partial charge in [0.05, 0.1) is 7.11 Å². The second kappa shape index (κ2) is 7.65. The van der Waals surface area contributed by atoms with E-state index in [9.17, 15) is 13.2 Å². The van der Waals surface area contributed by atoms with Gasteiger partial charge in [0.1, 0.15) is 6.04 Å². The maximum Gasteiger partial charge on any atom is 0.324 e. The second-order valence-corrected chi connectivity index (χ2v) is 8.04. The fourth-order valence-electron chi connectivity index (χ4n) is 3.53. The van der Waals surface area contributed by atoms with Gasteiger partial charge in [0.2, 0.25) is 10.0 Å². The molecule has 0 radical (unpaired) electrons. The van der Waals surface area contributed by atoms with Crippen LogP contribution in [0.25, 0.3) is 6.08 Å². The molecular formula is C17H23N3O4S. The first-order chi connectivity index (χ1) is 12.0. The molecule has 2 aliphatic rings. The summed E-state index contributed by atoms with van der Waals surface area (Å²) >= 11 is 0. The minimum atomic E-state index is -3.54. The van der Waals surface area contributed by atoms with Crippen molar-refractivity contribution in [1.82, 2.24) is 15.6 Å². The Balaban J connectivity index is 1.63. The van der Waals surface area contributed by atoms with E-state index in [0.717, 1.165) is 18.4 Å². The Labute approximate surface area is 147 Å². The average Bonchev–Trinajstić information content (AvgIpc) is 3.03. The molecule has 3 N–H and O–H groups in total. The molecule has 4 atom stereocenters. The van der Waals surface area contributed by atoms with Crippen LogP contribution in [0.1, 0.15) is 24.8 Å². The molecule has 0 spiro atoms. The molecule has 1 aliphatic carbocycles. The number of rotatable bonds is 5. The van der Waals surface area contributed by atoms with Gasteiger partial charge in [0.15, 0.2) is 0 Å². The molecule has 1 aromatic rings. The van der Waals surface area contributed by atoms with E-state index in [1.54, 1.807) is 6.08 Å². The predicted octanol–water partition coefficient (Wildman–Crippen LogP) is 0.763. The summed E-state index contributed by atoms with van der Waals surface area (Å²) in [6, 6.07) is 8.79. The summed E-state index contributed by atoms with van der Waals surface area (Å²) in [4.78, 5) is 11.8. The number of carbonyl (C=O) groups excluding carboxylic acids is 1. The second-order valence-electron chi connectivity index (χ2n) is 6.45. The molecule has 1 saturated carbocycles. The lowest BCUT2D eigenvalue weighted by atomic mass is 9.79. The Morgan fingerprint density at radius 3 is 2.72 bits per heavy atom. The Hall–Kier alpha value is -1.74. The predicted molar refractivity (Wildman–Crippen MR) is 94.5 cm³/mol. The molecule has 1 saturated heterocycles. The summed E-state index contributed by atoms with van der Waals surface area (Å²) in [5.41, 5.74) is 6.90. The topological polar surface area (TPSA) is 96.5 Å². The average molecular weight is 365 g/mol. The van der Waals surface area contributed by atoms with Crippen molar-refractivity contribution in [1.29, 1.82) is 0 Å². The number of hydrazine groups is 1. The summed E-state index contributed by atoms with van der Waals surface area (Å²) in [6.07, 6.45) is 3.68. The van der Waals surface area contributed by atoms with Crippen LogP contribution in [0.3, 0.4) is 0 Å². The summed E-state index contributed by atoms with van der Waals surface area (Å²) < 4.78 is 32.2. The van der Waals surface area contributed by atoms with Crippen LogP contribution in [0.5, 0.6) is 0 Å². The quantitative estimate of drug-likeness (QED) is 0.667. The number of carbonyl (C=O) groups is 1. The summed E-state index contributed by atoms with van der Waals surface area (Å²) in [5.74, 6) is -0.320. The number of fused-ring (bicyclic) bond motifs is 1. The van der Waals surface area contributed by atoms with Crippen LogP contribution in [-0.2, 0) is 19.6 Å². The molecule has 3 rings (SSSR count). The van der Waals surface area contributed by atoms with E-state index < -0.39 is 16.1 Å². The molecule has 1 heterocycles. The molecule has 8 heteroatoms. The highest BCUT2D eigenvalue weighted by Gasteiger charge is 2.44. The van der Waals surface area contributed by atoms with Gasteiger partial charge in [-0.25, -0.2) is 18.6 Å². The van der Waals surface area contributed by atoms with Crippen LogP contribution in [0.15, 0.2) is 35.7 Å². The first-order valence-electron chi connectivity index (χ1n) is 8.33. The molecule has 0 bridgehead atoms. The highest BCUT2D eigenvalue weighted by molar-refractivity contribution is 7.92. The monoisotopic (exact) mass is 365 g/mol. The molecule has 25 heavy (non-hydrogen) atoms. The van der Waals surface area contributed by atoms with Gasteiger partial charge in [-0.2, -0.15) is 0 Å². The molecule has 1 aromatic carbocycles. The number of methoxy groups -OCH3 is 1. The fraction of sp³-hybridized carbons (Fsp3) is 0.471. The third kappa shape index (κ3) is 4.46. The zero-order valence-corrected chi connectivity index (χ0v) is 14.8. The molecular weight excluding hydrogens is 342 g/mol. The van der Waals surface area contributed by atoms with Crippen LogP contribution in [0, 0.1) is 5.92 Å². The minimum Gasteiger partial charge on any atom is -0.468 e. The first-order valence-corrected chi connectivity index (χ1v) is 9.87. The summed E-state index contributed by atoms with van der Waals surface area (Å²) in [7, 11) is -2.18.